The summed E-state index contributed by atoms with van der Waals surface area (Å²) in [7, 11) is -1.96. The lowest BCUT2D eigenvalue weighted by atomic mass is 10.1. The lowest BCUT2D eigenvalue weighted by Gasteiger charge is -2.39. The van der Waals surface area contributed by atoms with Gasteiger partial charge >= 0.3 is 0 Å². The maximum absolute atomic E-state index is 14.5. The molecule has 25 heavy (non-hydrogen) atoms. The van der Waals surface area contributed by atoms with Gasteiger partial charge in [-0.15, -0.1) is 0 Å². The van der Waals surface area contributed by atoms with Crippen molar-refractivity contribution in [1.29, 1.82) is 0 Å². The van der Waals surface area contributed by atoms with Crippen LogP contribution in [0.4, 0.5) is 4.39 Å². The zero-order chi connectivity index (χ0) is 19.4. The summed E-state index contributed by atoms with van der Waals surface area (Å²) in [6, 6.07) is 3.39. The van der Waals surface area contributed by atoms with E-state index in [9.17, 15) is 4.39 Å². The van der Waals surface area contributed by atoms with Crippen LogP contribution in [0.2, 0.25) is 18.1 Å². The Morgan fingerprint density at radius 2 is 1.72 bits per heavy atom. The van der Waals surface area contributed by atoms with Crippen LogP contribution in [0, 0.1) is 5.82 Å². The molecule has 3 nitrogen and oxygen atoms in total. The topological polar surface area (TPSA) is 27.1 Å². The van der Waals surface area contributed by atoms with Crippen LogP contribution in [0.15, 0.2) is 16.6 Å². The summed E-state index contributed by atoms with van der Waals surface area (Å²) in [6.07, 6.45) is -0.203. The van der Waals surface area contributed by atoms with Gasteiger partial charge in [0, 0.05) is 10.0 Å². The Morgan fingerprint density at radius 3 is 2.20 bits per heavy atom. The molecule has 0 saturated carbocycles. The zero-order valence-corrected chi connectivity index (χ0v) is 19.4. The van der Waals surface area contributed by atoms with E-state index in [0.717, 1.165) is 11.3 Å². The molecule has 1 atom stereocenters. The average molecular weight is 429 g/mol. The lowest BCUT2D eigenvalue weighted by Crippen LogP contribution is -2.42. The summed E-state index contributed by atoms with van der Waals surface area (Å²) in [6.45, 7) is 19.5. The fourth-order valence-corrected chi connectivity index (χ4v) is 4.53. The summed E-state index contributed by atoms with van der Waals surface area (Å²) in [4.78, 5) is 4.65. The second kappa shape index (κ2) is 6.46. The molecule has 0 bridgehead atoms. The molecule has 0 radical (unpaired) electrons. The number of halogens is 2. The van der Waals surface area contributed by atoms with Crippen LogP contribution in [0.3, 0.4) is 0 Å². The monoisotopic (exact) mass is 428 g/mol. The van der Waals surface area contributed by atoms with E-state index in [1.165, 1.54) is 6.07 Å². The SMILES string of the molecule is C[C@H](O[Si](C)(C)C(C)(C)C)c1nc2c(F)cc(Br)cc2n1C(C)(C)C. The Labute approximate surface area is 160 Å². The van der Waals surface area contributed by atoms with Crippen LogP contribution in [-0.4, -0.2) is 17.9 Å². The van der Waals surface area contributed by atoms with E-state index in [4.69, 9.17) is 4.43 Å². The van der Waals surface area contributed by atoms with Gasteiger partial charge in [0.25, 0.3) is 0 Å². The number of hydrogen-bond donors (Lipinski definition) is 0. The largest absolute Gasteiger partial charge is 0.407 e. The van der Waals surface area contributed by atoms with E-state index in [1.807, 2.05) is 13.0 Å². The molecule has 2 aromatic rings. The van der Waals surface area contributed by atoms with E-state index in [2.05, 4.69) is 80.1 Å². The fraction of sp³-hybridized carbons (Fsp3) is 0.632. The van der Waals surface area contributed by atoms with Crippen LogP contribution >= 0.6 is 15.9 Å². The van der Waals surface area contributed by atoms with Crippen LogP contribution in [0.5, 0.6) is 0 Å². The standard InChI is InChI=1S/C19H30BrFN2OSi/c1-12(24-25(8,9)19(5,6)7)17-22-16-14(21)10-13(20)11-15(16)23(17)18(2,3)4/h10-12H,1-9H3/t12-/m0/s1. The molecule has 0 aliphatic heterocycles. The third-order valence-corrected chi connectivity index (χ3v) is 10.0. The van der Waals surface area contributed by atoms with Crippen molar-refractivity contribution in [3.05, 3.63) is 28.2 Å². The van der Waals surface area contributed by atoms with Crippen molar-refractivity contribution < 1.29 is 8.82 Å². The first-order valence-corrected chi connectivity index (χ1v) is 12.4. The van der Waals surface area contributed by atoms with Gasteiger partial charge in [0.15, 0.2) is 14.1 Å². The Bertz CT molecular complexity index is 787. The summed E-state index contributed by atoms with van der Waals surface area (Å²) < 4.78 is 23.8. The Kier molecular flexibility index (Phi) is 5.32. The molecule has 0 unspecified atom stereocenters. The molecule has 1 heterocycles. The predicted octanol–water partition coefficient (Wildman–Crippen LogP) is 6.78. The third kappa shape index (κ3) is 4.01. The Hall–Kier alpha value is -0.723. The smallest absolute Gasteiger partial charge is 0.193 e. The normalized spacial score (nSPS) is 15.0. The zero-order valence-electron chi connectivity index (χ0n) is 16.8. The quantitative estimate of drug-likeness (QED) is 0.503. The van der Waals surface area contributed by atoms with Gasteiger partial charge in [-0.2, -0.15) is 0 Å². The molecule has 0 spiro atoms. The van der Waals surface area contributed by atoms with Gasteiger partial charge in [0.2, 0.25) is 0 Å². The van der Waals surface area contributed by atoms with Crippen LogP contribution in [0.25, 0.3) is 11.0 Å². The fourth-order valence-electron chi connectivity index (χ4n) is 2.77. The summed E-state index contributed by atoms with van der Waals surface area (Å²) in [5.74, 6) is 0.470. The molecule has 1 aromatic heterocycles. The van der Waals surface area contributed by atoms with Gasteiger partial charge in [-0.05, 0) is 58.0 Å². The van der Waals surface area contributed by atoms with Crippen molar-refractivity contribution in [3.63, 3.8) is 0 Å². The average Bonchev–Trinajstić information content (AvgIpc) is 2.76. The highest BCUT2D eigenvalue weighted by atomic mass is 79.9. The lowest BCUT2D eigenvalue weighted by molar-refractivity contribution is 0.181. The van der Waals surface area contributed by atoms with Crippen molar-refractivity contribution in [2.24, 2.45) is 0 Å². The minimum Gasteiger partial charge on any atom is -0.407 e. The van der Waals surface area contributed by atoms with Crippen molar-refractivity contribution in [2.45, 2.75) is 78.2 Å². The number of rotatable bonds is 3. The number of benzene rings is 1. The first kappa shape index (κ1) is 20.6. The second-order valence-electron chi connectivity index (χ2n) is 9.25. The van der Waals surface area contributed by atoms with Gasteiger partial charge in [0.05, 0.1) is 5.52 Å². The number of fused-ring (bicyclic) bond motifs is 1. The third-order valence-electron chi connectivity index (χ3n) is 5.02. The highest BCUT2D eigenvalue weighted by Crippen LogP contribution is 2.41. The Balaban J connectivity index is 2.63. The van der Waals surface area contributed by atoms with E-state index < -0.39 is 8.32 Å². The number of nitrogens with zero attached hydrogens (tertiary/aromatic N) is 2. The maximum Gasteiger partial charge on any atom is 0.193 e. The molecule has 1 aromatic carbocycles. The van der Waals surface area contributed by atoms with E-state index in [0.29, 0.717) is 9.99 Å². The summed E-state index contributed by atoms with van der Waals surface area (Å²) >= 11 is 3.40. The van der Waals surface area contributed by atoms with Crippen molar-refractivity contribution >= 4 is 35.3 Å². The first-order chi connectivity index (χ1) is 11.1. The van der Waals surface area contributed by atoms with Crippen LogP contribution < -0.4 is 0 Å². The van der Waals surface area contributed by atoms with Crippen LogP contribution in [-0.2, 0) is 9.96 Å². The maximum atomic E-state index is 14.5. The Morgan fingerprint density at radius 1 is 1.16 bits per heavy atom. The minimum absolute atomic E-state index is 0.105. The molecule has 0 fully saturated rings. The van der Waals surface area contributed by atoms with Crippen LogP contribution in [0.1, 0.15) is 60.4 Å². The molecule has 0 aliphatic carbocycles. The second-order valence-corrected chi connectivity index (χ2v) is 14.9. The molecule has 0 N–H and O–H groups in total. The molecule has 6 heteroatoms. The predicted molar refractivity (Wildman–Crippen MR) is 109 cm³/mol. The van der Waals surface area contributed by atoms with E-state index in [-0.39, 0.29) is 22.5 Å². The molecule has 0 aliphatic rings. The molecule has 0 amide bonds. The highest BCUT2D eigenvalue weighted by molar-refractivity contribution is 9.10. The summed E-state index contributed by atoms with van der Waals surface area (Å²) in [5, 5.41) is 0.105. The molecule has 140 valence electrons. The van der Waals surface area contributed by atoms with Crippen molar-refractivity contribution in [3.8, 4) is 0 Å². The van der Waals surface area contributed by atoms with Gasteiger partial charge in [0.1, 0.15) is 17.4 Å². The number of imidazole rings is 1. The van der Waals surface area contributed by atoms with Crippen molar-refractivity contribution in [2.75, 3.05) is 0 Å². The van der Waals surface area contributed by atoms with Gasteiger partial charge in [-0.1, -0.05) is 36.7 Å². The molecule has 2 rings (SSSR count). The van der Waals surface area contributed by atoms with Gasteiger partial charge in [-0.25, -0.2) is 9.37 Å². The summed E-state index contributed by atoms with van der Waals surface area (Å²) in [5.41, 5.74) is 0.960. The number of hydrogen-bond acceptors (Lipinski definition) is 2. The van der Waals surface area contributed by atoms with Gasteiger partial charge in [-0.3, -0.25) is 0 Å². The highest BCUT2D eigenvalue weighted by Gasteiger charge is 2.40. The van der Waals surface area contributed by atoms with E-state index >= 15 is 0 Å². The molecular weight excluding hydrogens is 399 g/mol. The van der Waals surface area contributed by atoms with Crippen molar-refractivity contribution in [1.82, 2.24) is 9.55 Å². The minimum atomic E-state index is -1.96. The van der Waals surface area contributed by atoms with E-state index in [1.54, 1.807) is 0 Å². The number of aromatic nitrogens is 2. The first-order valence-electron chi connectivity index (χ1n) is 8.71. The molecular formula is C19H30BrFN2OSi. The van der Waals surface area contributed by atoms with Gasteiger partial charge < -0.3 is 8.99 Å². The molecule has 0 saturated heterocycles.